The van der Waals surface area contributed by atoms with Crippen LogP contribution in [0, 0.1) is 11.8 Å². The first-order valence-electron chi connectivity index (χ1n) is 7.49. The van der Waals surface area contributed by atoms with Gasteiger partial charge >= 0.3 is 0 Å². The highest BCUT2D eigenvalue weighted by Crippen LogP contribution is 2.20. The van der Waals surface area contributed by atoms with E-state index in [0.29, 0.717) is 0 Å². The summed E-state index contributed by atoms with van der Waals surface area (Å²) in [5.74, 6) is 1.61. The molecule has 0 heterocycles. The molecule has 1 nitrogen and oxygen atoms in total. The molecule has 0 aromatic heterocycles. The van der Waals surface area contributed by atoms with Crippen molar-refractivity contribution in [3.05, 3.63) is 11.6 Å². The summed E-state index contributed by atoms with van der Waals surface area (Å²) in [5.41, 5.74) is 1.69. The molecule has 0 aliphatic heterocycles. The van der Waals surface area contributed by atoms with Crippen molar-refractivity contribution in [2.45, 2.75) is 72.3 Å². The third kappa shape index (κ3) is 6.88. The number of allylic oxidation sites excluding steroid dienone is 1. The Balaban J connectivity index is 2.22. The fourth-order valence-corrected chi connectivity index (χ4v) is 2.80. The van der Waals surface area contributed by atoms with E-state index in [0.717, 1.165) is 17.9 Å². The second-order valence-corrected chi connectivity index (χ2v) is 6.41. The van der Waals surface area contributed by atoms with Gasteiger partial charge in [-0.05, 0) is 56.9 Å². The van der Waals surface area contributed by atoms with Crippen LogP contribution >= 0.6 is 0 Å². The third-order valence-corrected chi connectivity index (χ3v) is 3.53. The van der Waals surface area contributed by atoms with E-state index in [1.165, 1.54) is 45.1 Å². The smallest absolute Gasteiger partial charge is 0.00720 e. The minimum Gasteiger partial charge on any atom is -0.314 e. The molecule has 0 fully saturated rings. The van der Waals surface area contributed by atoms with Crippen molar-refractivity contribution in [3.63, 3.8) is 0 Å². The standard InChI is InChI=1S/C16H31N/c1-13(2)11-16(12-14(3)4)17-10-9-15-7-5-6-8-15/h7,13-14,16-17H,5-6,8-12H2,1-4H3. The van der Waals surface area contributed by atoms with E-state index in [4.69, 9.17) is 0 Å². The molecule has 1 N–H and O–H groups in total. The van der Waals surface area contributed by atoms with Crippen LogP contribution in [-0.2, 0) is 0 Å². The fraction of sp³-hybridized carbons (Fsp3) is 0.875. The van der Waals surface area contributed by atoms with Crippen LogP contribution in [-0.4, -0.2) is 12.6 Å². The molecule has 1 aliphatic rings. The van der Waals surface area contributed by atoms with E-state index >= 15 is 0 Å². The molecular weight excluding hydrogens is 206 g/mol. The molecule has 0 unspecified atom stereocenters. The lowest BCUT2D eigenvalue weighted by molar-refractivity contribution is 0.361. The van der Waals surface area contributed by atoms with Crippen LogP contribution in [0.15, 0.2) is 11.6 Å². The summed E-state index contributed by atoms with van der Waals surface area (Å²) in [6.45, 7) is 10.5. The molecule has 0 atom stereocenters. The molecule has 0 bridgehead atoms. The van der Waals surface area contributed by atoms with Gasteiger partial charge in [0.25, 0.3) is 0 Å². The second-order valence-electron chi connectivity index (χ2n) is 6.41. The zero-order valence-corrected chi connectivity index (χ0v) is 12.3. The fourth-order valence-electron chi connectivity index (χ4n) is 2.80. The Morgan fingerprint density at radius 3 is 2.24 bits per heavy atom. The summed E-state index contributed by atoms with van der Waals surface area (Å²) in [5, 5.41) is 3.77. The maximum absolute atomic E-state index is 3.77. The molecular formula is C16H31N. The molecule has 0 amide bonds. The molecule has 1 aliphatic carbocycles. The topological polar surface area (TPSA) is 12.0 Å². The van der Waals surface area contributed by atoms with Crippen LogP contribution in [0.4, 0.5) is 0 Å². The summed E-state index contributed by atoms with van der Waals surface area (Å²) < 4.78 is 0. The predicted molar refractivity (Wildman–Crippen MR) is 77.3 cm³/mol. The maximum Gasteiger partial charge on any atom is 0.00720 e. The molecule has 0 radical (unpaired) electrons. The van der Waals surface area contributed by atoms with Crippen molar-refractivity contribution in [2.75, 3.05) is 6.54 Å². The molecule has 0 saturated carbocycles. The molecule has 17 heavy (non-hydrogen) atoms. The summed E-state index contributed by atoms with van der Waals surface area (Å²) in [7, 11) is 0. The van der Waals surface area contributed by atoms with Gasteiger partial charge in [0.15, 0.2) is 0 Å². The molecule has 0 spiro atoms. The third-order valence-electron chi connectivity index (χ3n) is 3.53. The predicted octanol–water partition coefficient (Wildman–Crippen LogP) is 4.54. The molecule has 0 saturated heterocycles. The Hall–Kier alpha value is -0.300. The van der Waals surface area contributed by atoms with Crippen LogP contribution in [0.25, 0.3) is 0 Å². The molecule has 100 valence electrons. The van der Waals surface area contributed by atoms with Gasteiger partial charge in [0.2, 0.25) is 0 Å². The maximum atomic E-state index is 3.77. The summed E-state index contributed by atoms with van der Waals surface area (Å²) in [4.78, 5) is 0. The van der Waals surface area contributed by atoms with Gasteiger partial charge < -0.3 is 5.32 Å². The number of hydrogen-bond donors (Lipinski definition) is 1. The Kier molecular flexibility index (Phi) is 6.87. The zero-order chi connectivity index (χ0) is 12.7. The van der Waals surface area contributed by atoms with Gasteiger partial charge in [-0.15, -0.1) is 0 Å². The normalized spacial score (nSPS) is 16.3. The zero-order valence-electron chi connectivity index (χ0n) is 12.3. The highest BCUT2D eigenvalue weighted by molar-refractivity contribution is 5.07. The van der Waals surface area contributed by atoms with E-state index in [9.17, 15) is 0 Å². The van der Waals surface area contributed by atoms with Crippen molar-refractivity contribution >= 4 is 0 Å². The first-order chi connectivity index (χ1) is 8.08. The average Bonchev–Trinajstić information content (AvgIpc) is 2.68. The van der Waals surface area contributed by atoms with Crippen LogP contribution in [0.5, 0.6) is 0 Å². The molecule has 0 aromatic rings. The van der Waals surface area contributed by atoms with E-state index in [1.54, 1.807) is 5.57 Å². The molecule has 0 aromatic carbocycles. The van der Waals surface area contributed by atoms with Gasteiger partial charge in [0, 0.05) is 6.04 Å². The average molecular weight is 237 g/mol. The summed E-state index contributed by atoms with van der Waals surface area (Å²) in [6.07, 6.45) is 10.4. The van der Waals surface area contributed by atoms with Crippen molar-refractivity contribution in [1.29, 1.82) is 0 Å². The van der Waals surface area contributed by atoms with Gasteiger partial charge in [-0.3, -0.25) is 0 Å². The van der Waals surface area contributed by atoms with Crippen molar-refractivity contribution < 1.29 is 0 Å². The van der Waals surface area contributed by atoms with E-state index < -0.39 is 0 Å². The highest BCUT2D eigenvalue weighted by atomic mass is 14.9. The number of hydrogen-bond acceptors (Lipinski definition) is 1. The number of rotatable bonds is 8. The van der Waals surface area contributed by atoms with Crippen LogP contribution in [0.2, 0.25) is 0 Å². The summed E-state index contributed by atoms with van der Waals surface area (Å²) >= 11 is 0. The monoisotopic (exact) mass is 237 g/mol. The summed E-state index contributed by atoms with van der Waals surface area (Å²) in [6, 6.07) is 0.719. The first-order valence-corrected chi connectivity index (χ1v) is 7.49. The Labute approximate surface area is 108 Å². The van der Waals surface area contributed by atoms with Crippen LogP contribution in [0.1, 0.15) is 66.2 Å². The van der Waals surface area contributed by atoms with E-state index in [2.05, 4.69) is 39.1 Å². The lowest BCUT2D eigenvalue weighted by Gasteiger charge is -2.22. The largest absolute Gasteiger partial charge is 0.314 e. The van der Waals surface area contributed by atoms with Crippen LogP contribution < -0.4 is 5.32 Å². The van der Waals surface area contributed by atoms with Crippen molar-refractivity contribution in [2.24, 2.45) is 11.8 Å². The lowest BCUT2D eigenvalue weighted by Crippen LogP contribution is -2.32. The Bertz CT molecular complexity index is 218. The Morgan fingerprint density at radius 1 is 1.12 bits per heavy atom. The minimum atomic E-state index is 0.719. The van der Waals surface area contributed by atoms with Crippen molar-refractivity contribution in [3.8, 4) is 0 Å². The van der Waals surface area contributed by atoms with Gasteiger partial charge in [-0.2, -0.15) is 0 Å². The highest BCUT2D eigenvalue weighted by Gasteiger charge is 2.12. The Morgan fingerprint density at radius 2 is 1.76 bits per heavy atom. The SMILES string of the molecule is CC(C)CC(CC(C)C)NCCC1=CCCC1. The van der Waals surface area contributed by atoms with E-state index in [1.807, 2.05) is 0 Å². The van der Waals surface area contributed by atoms with Gasteiger partial charge in [-0.1, -0.05) is 39.3 Å². The van der Waals surface area contributed by atoms with Crippen LogP contribution in [0.3, 0.4) is 0 Å². The number of nitrogens with one attached hydrogen (secondary N) is 1. The van der Waals surface area contributed by atoms with Gasteiger partial charge in [0.1, 0.15) is 0 Å². The quantitative estimate of drug-likeness (QED) is 0.611. The minimum absolute atomic E-state index is 0.719. The van der Waals surface area contributed by atoms with Gasteiger partial charge in [-0.25, -0.2) is 0 Å². The van der Waals surface area contributed by atoms with Gasteiger partial charge in [0.05, 0.1) is 0 Å². The lowest BCUT2D eigenvalue weighted by atomic mass is 9.95. The first kappa shape index (κ1) is 14.8. The molecule has 1 rings (SSSR count). The molecule has 1 heteroatoms. The van der Waals surface area contributed by atoms with Crippen molar-refractivity contribution in [1.82, 2.24) is 5.32 Å². The second kappa shape index (κ2) is 7.92. The van der Waals surface area contributed by atoms with E-state index in [-0.39, 0.29) is 0 Å².